The molecule has 7 N–H and O–H groups in total. The van der Waals surface area contributed by atoms with Gasteiger partial charge < -0.3 is 31.4 Å². The molecule has 2 heterocycles. The number of amides is 1. The fraction of sp³-hybridized carbons (Fsp3) is 0.391. The van der Waals surface area contributed by atoms with Crippen LogP contribution in [0.4, 0.5) is 13.2 Å². The number of carbonyl (C=O) groups is 2. The van der Waals surface area contributed by atoms with Crippen LogP contribution >= 0.6 is 0 Å². The summed E-state index contributed by atoms with van der Waals surface area (Å²) in [7, 11) is 0. The maximum atomic E-state index is 12.5. The van der Waals surface area contributed by atoms with Crippen molar-refractivity contribution < 1.29 is 37.4 Å². The Morgan fingerprint density at radius 2 is 1.78 bits per heavy atom. The normalized spacial score (nSPS) is 13.8. The highest BCUT2D eigenvalue weighted by Gasteiger charge is 2.38. The molecular weight excluding hydrogens is 483 g/mol. The molecule has 196 valence electrons. The average Bonchev–Trinajstić information content (AvgIpc) is 3.29. The predicted octanol–water partition coefficient (Wildman–Crippen LogP) is 2.07. The van der Waals surface area contributed by atoms with Crippen molar-refractivity contribution in [1.29, 1.82) is 0 Å². The lowest BCUT2D eigenvalue weighted by molar-refractivity contribution is -0.192. The van der Waals surface area contributed by atoms with Gasteiger partial charge in [-0.2, -0.15) is 18.2 Å². The number of hydrogen-bond acceptors (Lipinski definition) is 8. The van der Waals surface area contributed by atoms with E-state index in [0.717, 1.165) is 5.56 Å². The van der Waals surface area contributed by atoms with Crippen LogP contribution in [0.1, 0.15) is 36.8 Å². The van der Waals surface area contributed by atoms with Crippen molar-refractivity contribution in [2.75, 3.05) is 6.54 Å². The number of benzene rings is 1. The first kappa shape index (κ1) is 28.7. The van der Waals surface area contributed by atoms with E-state index >= 15 is 0 Å². The molecule has 0 saturated carbocycles. The number of aliphatic hydroxyl groups is 1. The van der Waals surface area contributed by atoms with Crippen molar-refractivity contribution >= 4 is 23.1 Å². The molecule has 1 amide bonds. The minimum absolute atomic E-state index is 0.118. The summed E-state index contributed by atoms with van der Waals surface area (Å²) >= 11 is 0. The fourth-order valence-corrected chi connectivity index (χ4v) is 3.12. The predicted molar refractivity (Wildman–Crippen MR) is 123 cm³/mol. The highest BCUT2D eigenvalue weighted by Crippen LogP contribution is 2.23. The molecule has 0 aliphatic carbocycles. The Hall–Kier alpha value is -3.55. The zero-order valence-electron chi connectivity index (χ0n) is 19.2. The van der Waals surface area contributed by atoms with Crippen molar-refractivity contribution in [1.82, 2.24) is 15.3 Å². The first-order valence-corrected chi connectivity index (χ1v) is 11.0. The van der Waals surface area contributed by atoms with Gasteiger partial charge in [0.25, 0.3) is 0 Å². The monoisotopic (exact) mass is 511 g/mol. The lowest BCUT2D eigenvalue weighted by Crippen LogP contribution is -2.48. The zero-order chi connectivity index (χ0) is 26.7. The lowest BCUT2D eigenvalue weighted by Gasteiger charge is -2.24. The summed E-state index contributed by atoms with van der Waals surface area (Å²) in [5, 5.41) is 20.9. The number of oxazole rings is 1. The molecule has 0 aliphatic heterocycles. The van der Waals surface area contributed by atoms with Gasteiger partial charge in [0.1, 0.15) is 0 Å². The largest absolute Gasteiger partial charge is 0.490 e. The molecule has 1 unspecified atom stereocenters. The second kappa shape index (κ2) is 13.5. The van der Waals surface area contributed by atoms with Crippen LogP contribution in [0.25, 0.3) is 11.2 Å². The van der Waals surface area contributed by atoms with Gasteiger partial charge >= 0.3 is 12.1 Å². The number of rotatable bonds is 10. The van der Waals surface area contributed by atoms with E-state index in [4.69, 9.17) is 25.8 Å². The Labute approximate surface area is 204 Å². The Balaban J connectivity index is 0.000000572. The number of fused-ring (bicyclic) bond motifs is 1. The van der Waals surface area contributed by atoms with Crippen molar-refractivity contribution in [3.8, 4) is 0 Å². The third-order valence-electron chi connectivity index (χ3n) is 5.03. The maximum Gasteiger partial charge on any atom is 0.490 e. The van der Waals surface area contributed by atoms with E-state index in [1.807, 2.05) is 30.3 Å². The van der Waals surface area contributed by atoms with Crippen LogP contribution in [0.15, 0.2) is 53.1 Å². The van der Waals surface area contributed by atoms with Crippen LogP contribution in [0.5, 0.6) is 0 Å². The molecule has 0 radical (unpaired) electrons. The first-order valence-electron chi connectivity index (χ1n) is 11.0. The van der Waals surface area contributed by atoms with Gasteiger partial charge in [0, 0.05) is 6.20 Å². The van der Waals surface area contributed by atoms with E-state index in [9.17, 15) is 23.1 Å². The van der Waals surface area contributed by atoms with E-state index < -0.39 is 30.3 Å². The molecule has 0 bridgehead atoms. The van der Waals surface area contributed by atoms with Gasteiger partial charge in [-0.1, -0.05) is 30.3 Å². The summed E-state index contributed by atoms with van der Waals surface area (Å²) in [6, 6.07) is 12.0. The summed E-state index contributed by atoms with van der Waals surface area (Å²) in [5.41, 5.74) is 13.5. The minimum atomic E-state index is -5.08. The number of pyridine rings is 1. The summed E-state index contributed by atoms with van der Waals surface area (Å²) < 4.78 is 37.4. The lowest BCUT2D eigenvalue weighted by atomic mass is 10.00. The maximum absolute atomic E-state index is 12.5. The van der Waals surface area contributed by atoms with Gasteiger partial charge in [-0.3, -0.25) is 4.79 Å². The van der Waals surface area contributed by atoms with Crippen LogP contribution in [0.3, 0.4) is 0 Å². The van der Waals surface area contributed by atoms with Crippen LogP contribution in [0.2, 0.25) is 0 Å². The first-order chi connectivity index (χ1) is 17.0. The molecule has 0 spiro atoms. The van der Waals surface area contributed by atoms with Crippen molar-refractivity contribution in [3.05, 3.63) is 60.1 Å². The number of aryl methyl sites for hydroxylation is 1. The SMILES string of the molecule is NCCC[C@@H](N)C(=O)N[C@H](CCc1ccccc1)C(O)c1nc2ncccc2o1.O=C(O)C(F)(F)F. The van der Waals surface area contributed by atoms with E-state index in [-0.39, 0.29) is 11.8 Å². The third kappa shape index (κ3) is 8.91. The topological polar surface area (TPSA) is 178 Å². The molecule has 0 aliphatic rings. The molecular formula is C23H28F3N5O5. The smallest absolute Gasteiger partial charge is 0.475 e. The number of carboxylic acids is 1. The molecule has 3 atom stereocenters. The molecule has 13 heteroatoms. The highest BCUT2D eigenvalue weighted by atomic mass is 19.4. The van der Waals surface area contributed by atoms with E-state index in [0.29, 0.717) is 43.5 Å². The fourth-order valence-electron chi connectivity index (χ4n) is 3.12. The van der Waals surface area contributed by atoms with Gasteiger partial charge in [-0.15, -0.1) is 0 Å². The Kier molecular flexibility index (Phi) is 10.8. The quantitative estimate of drug-likeness (QED) is 0.273. The summed E-state index contributed by atoms with van der Waals surface area (Å²) in [4.78, 5) is 29.8. The average molecular weight is 512 g/mol. The van der Waals surface area contributed by atoms with Crippen molar-refractivity contribution in [2.45, 2.75) is 50.0 Å². The minimum Gasteiger partial charge on any atom is -0.475 e. The van der Waals surface area contributed by atoms with Crippen molar-refractivity contribution in [3.63, 3.8) is 0 Å². The number of aliphatic carboxylic acids is 1. The Morgan fingerprint density at radius 3 is 2.36 bits per heavy atom. The number of hydrogen-bond donors (Lipinski definition) is 5. The number of carbonyl (C=O) groups excluding carboxylic acids is 1. The summed E-state index contributed by atoms with van der Waals surface area (Å²) in [6.07, 6.45) is -2.31. The van der Waals surface area contributed by atoms with Crippen LogP contribution in [-0.2, 0) is 16.0 Å². The zero-order valence-corrected chi connectivity index (χ0v) is 19.2. The van der Waals surface area contributed by atoms with Crippen molar-refractivity contribution in [2.24, 2.45) is 11.5 Å². The molecule has 36 heavy (non-hydrogen) atoms. The summed E-state index contributed by atoms with van der Waals surface area (Å²) in [6.45, 7) is 0.469. The number of alkyl halides is 3. The molecule has 2 aromatic heterocycles. The number of nitrogens with one attached hydrogen (secondary N) is 1. The van der Waals surface area contributed by atoms with Gasteiger partial charge in [0.05, 0.1) is 12.1 Å². The summed E-state index contributed by atoms with van der Waals surface area (Å²) in [5.74, 6) is -2.97. The van der Waals surface area contributed by atoms with Crippen LogP contribution in [0, 0.1) is 0 Å². The molecule has 3 aromatic rings. The van der Waals surface area contributed by atoms with Gasteiger partial charge in [0.2, 0.25) is 11.8 Å². The molecule has 3 rings (SSSR count). The van der Waals surface area contributed by atoms with Gasteiger partial charge in [-0.25, -0.2) is 9.78 Å². The second-order valence-corrected chi connectivity index (χ2v) is 7.80. The van der Waals surface area contributed by atoms with E-state index in [1.165, 1.54) is 0 Å². The third-order valence-corrected chi connectivity index (χ3v) is 5.03. The number of carboxylic acid groups (broad SMARTS) is 1. The number of halogens is 3. The molecule has 0 fully saturated rings. The molecule has 1 aromatic carbocycles. The molecule has 10 nitrogen and oxygen atoms in total. The Bertz CT molecular complexity index is 1080. The van der Waals surface area contributed by atoms with Crippen LogP contribution in [-0.4, -0.2) is 56.9 Å². The number of nitrogens with two attached hydrogens (primary N) is 2. The Morgan fingerprint density at radius 1 is 1.11 bits per heavy atom. The second-order valence-electron chi connectivity index (χ2n) is 7.80. The van der Waals surface area contributed by atoms with Crippen LogP contribution < -0.4 is 16.8 Å². The van der Waals surface area contributed by atoms with Gasteiger partial charge in [0.15, 0.2) is 17.3 Å². The molecule has 0 saturated heterocycles. The standard InChI is InChI=1S/C21H27N5O3.C2HF3O2/c22-12-4-8-15(23)20(28)25-16(11-10-14-6-2-1-3-7-14)18(27)21-26-19-17(29-21)9-5-13-24-19;3-2(4,5)1(6)7/h1-3,5-7,9,13,15-16,18,27H,4,8,10-12,22-23H2,(H,25,28);(H,6,7)/t15-,16-,18?;/m1./s1. The van der Waals surface area contributed by atoms with E-state index in [1.54, 1.807) is 18.3 Å². The number of nitrogens with zero attached hydrogens (tertiary/aromatic N) is 2. The highest BCUT2D eigenvalue weighted by molar-refractivity contribution is 5.81. The van der Waals surface area contributed by atoms with E-state index in [2.05, 4.69) is 15.3 Å². The number of aliphatic hydroxyl groups excluding tert-OH is 1. The number of aromatic nitrogens is 2. The van der Waals surface area contributed by atoms with Gasteiger partial charge in [-0.05, 0) is 49.9 Å².